The van der Waals surface area contributed by atoms with Crippen molar-refractivity contribution in [3.05, 3.63) is 89.7 Å². The zero-order valence-electron chi connectivity index (χ0n) is 21.8. The minimum Gasteiger partial charge on any atom is -0.489 e. The Balaban J connectivity index is 1.22. The summed E-state index contributed by atoms with van der Waals surface area (Å²) in [6.45, 7) is 0.825. The molecule has 0 radical (unpaired) electrons. The van der Waals surface area contributed by atoms with Gasteiger partial charge < -0.3 is 19.4 Å². The number of benzene rings is 3. The Morgan fingerprint density at radius 1 is 1.08 bits per heavy atom. The number of hydrogen-bond donors (Lipinski definition) is 1. The van der Waals surface area contributed by atoms with Gasteiger partial charge in [0, 0.05) is 44.3 Å². The summed E-state index contributed by atoms with van der Waals surface area (Å²) >= 11 is 0. The number of nitrogens with one attached hydrogen (secondary N) is 1. The second-order valence-corrected chi connectivity index (χ2v) is 11.6. The highest BCUT2D eigenvalue weighted by atomic mass is 32.2. The zero-order chi connectivity index (χ0) is 27.6. The van der Waals surface area contributed by atoms with E-state index in [1.165, 1.54) is 24.3 Å². The molecule has 1 aliphatic heterocycles. The lowest BCUT2D eigenvalue weighted by Gasteiger charge is -2.22. The third-order valence-corrected chi connectivity index (χ3v) is 8.49. The maximum absolute atomic E-state index is 13.6. The maximum atomic E-state index is 13.6. The fourth-order valence-corrected chi connectivity index (χ4v) is 6.27. The van der Waals surface area contributed by atoms with Gasteiger partial charge in [0.1, 0.15) is 29.8 Å². The highest BCUT2D eigenvalue weighted by Gasteiger charge is 2.41. The molecule has 1 aliphatic rings. The molecule has 0 bridgehead atoms. The Labute approximate surface area is 227 Å². The monoisotopic (exact) mass is 551 g/mol. The summed E-state index contributed by atoms with van der Waals surface area (Å²) in [5.41, 5.74) is 3.22. The minimum atomic E-state index is -4.08. The lowest BCUT2D eigenvalue weighted by atomic mass is 10.2. The van der Waals surface area contributed by atoms with Crippen LogP contribution >= 0.6 is 0 Å². The molecule has 1 unspecified atom stereocenters. The van der Waals surface area contributed by atoms with Gasteiger partial charge in [-0.2, -0.15) is 4.31 Å². The average molecular weight is 552 g/mol. The van der Waals surface area contributed by atoms with Gasteiger partial charge in [0.15, 0.2) is 0 Å². The number of halogens is 1. The lowest BCUT2D eigenvalue weighted by Crippen LogP contribution is -2.45. The Kier molecular flexibility index (Phi) is 7.58. The van der Waals surface area contributed by atoms with E-state index >= 15 is 0 Å². The van der Waals surface area contributed by atoms with Crippen molar-refractivity contribution >= 4 is 32.6 Å². The number of rotatable bonds is 9. The van der Waals surface area contributed by atoms with Crippen molar-refractivity contribution in [3.8, 4) is 5.75 Å². The van der Waals surface area contributed by atoms with Crippen LogP contribution in [0.5, 0.6) is 5.75 Å². The van der Waals surface area contributed by atoms with Crippen molar-refractivity contribution in [1.82, 2.24) is 9.62 Å². The Bertz CT molecular complexity index is 1600. The number of carbonyl (C=O) groups excluding carboxylic acids is 1. The number of anilines is 1. The molecule has 10 heteroatoms. The van der Waals surface area contributed by atoms with E-state index in [1.54, 1.807) is 0 Å². The summed E-state index contributed by atoms with van der Waals surface area (Å²) in [5, 5.41) is 2.91. The molecule has 1 saturated heterocycles. The van der Waals surface area contributed by atoms with E-state index < -0.39 is 21.9 Å². The molecule has 1 aromatic heterocycles. The number of sulfonamides is 1. The highest BCUT2D eigenvalue weighted by Crippen LogP contribution is 2.30. The average Bonchev–Trinajstić information content (AvgIpc) is 3.59. The number of amides is 1. The van der Waals surface area contributed by atoms with Gasteiger partial charge >= 0.3 is 0 Å². The molecule has 4 aromatic rings. The maximum Gasteiger partial charge on any atom is 0.277 e. The summed E-state index contributed by atoms with van der Waals surface area (Å²) < 4.78 is 52.8. The first-order chi connectivity index (χ1) is 18.7. The predicted molar refractivity (Wildman–Crippen MR) is 146 cm³/mol. The van der Waals surface area contributed by atoms with Crippen molar-refractivity contribution in [1.29, 1.82) is 0 Å². The van der Waals surface area contributed by atoms with E-state index in [0.29, 0.717) is 30.6 Å². The fraction of sp³-hybridized carbons (Fsp3) is 0.276. The van der Waals surface area contributed by atoms with Crippen LogP contribution in [0.2, 0.25) is 0 Å². The van der Waals surface area contributed by atoms with E-state index in [-0.39, 0.29) is 29.7 Å². The number of carbonyl (C=O) groups is 1. The molecule has 1 atom stereocenters. The van der Waals surface area contributed by atoms with Crippen LogP contribution in [0.15, 0.2) is 82.3 Å². The summed E-state index contributed by atoms with van der Waals surface area (Å²) in [4.78, 5) is 15.1. The molecule has 3 aromatic carbocycles. The lowest BCUT2D eigenvalue weighted by molar-refractivity contribution is -0.124. The third kappa shape index (κ3) is 5.91. The number of nitrogens with zero attached hydrogens (tertiary/aromatic N) is 2. The fourth-order valence-electron chi connectivity index (χ4n) is 4.67. The first kappa shape index (κ1) is 26.7. The molecule has 39 heavy (non-hydrogen) atoms. The van der Waals surface area contributed by atoms with Gasteiger partial charge in [-0.15, -0.1) is 0 Å². The highest BCUT2D eigenvalue weighted by molar-refractivity contribution is 7.89. The van der Waals surface area contributed by atoms with Gasteiger partial charge in [-0.05, 0) is 66.4 Å². The summed E-state index contributed by atoms with van der Waals surface area (Å²) in [6, 6.07) is 19.8. The van der Waals surface area contributed by atoms with Crippen LogP contribution < -0.4 is 15.0 Å². The Morgan fingerprint density at radius 3 is 2.69 bits per heavy atom. The molecule has 1 fully saturated rings. The van der Waals surface area contributed by atoms with Gasteiger partial charge in [0.05, 0.1) is 0 Å². The first-order valence-corrected chi connectivity index (χ1v) is 14.1. The van der Waals surface area contributed by atoms with Crippen molar-refractivity contribution in [3.63, 3.8) is 0 Å². The van der Waals surface area contributed by atoms with Crippen LogP contribution in [-0.2, 0) is 28.0 Å². The number of fused-ring (bicyclic) bond motifs is 1. The van der Waals surface area contributed by atoms with Crippen LogP contribution in [0, 0.1) is 5.82 Å². The molecule has 1 amide bonds. The second kappa shape index (κ2) is 11.1. The quantitative estimate of drug-likeness (QED) is 0.325. The van der Waals surface area contributed by atoms with Crippen LogP contribution in [-0.4, -0.2) is 45.3 Å². The molecular weight excluding hydrogens is 521 g/mol. The Hall–Kier alpha value is -3.89. The summed E-state index contributed by atoms with van der Waals surface area (Å²) in [7, 11) is -0.109. The van der Waals surface area contributed by atoms with E-state index in [0.717, 1.165) is 21.1 Å². The summed E-state index contributed by atoms with van der Waals surface area (Å²) in [6.07, 6.45) is 0.944. The van der Waals surface area contributed by atoms with Crippen LogP contribution in [0.4, 0.5) is 10.1 Å². The van der Waals surface area contributed by atoms with E-state index in [2.05, 4.69) is 11.4 Å². The van der Waals surface area contributed by atoms with Crippen LogP contribution in [0.3, 0.4) is 0 Å². The van der Waals surface area contributed by atoms with E-state index in [4.69, 9.17) is 9.15 Å². The van der Waals surface area contributed by atoms with E-state index in [9.17, 15) is 17.6 Å². The van der Waals surface area contributed by atoms with Gasteiger partial charge in [-0.3, -0.25) is 4.79 Å². The molecule has 204 valence electrons. The van der Waals surface area contributed by atoms with Crippen molar-refractivity contribution in [2.45, 2.75) is 37.1 Å². The first-order valence-electron chi connectivity index (χ1n) is 12.7. The van der Waals surface area contributed by atoms with Gasteiger partial charge in [0.2, 0.25) is 11.0 Å². The molecule has 0 aliphatic carbocycles. The van der Waals surface area contributed by atoms with E-state index in [1.807, 2.05) is 61.5 Å². The second-order valence-electron chi connectivity index (χ2n) is 9.74. The smallest absolute Gasteiger partial charge is 0.277 e. The summed E-state index contributed by atoms with van der Waals surface area (Å²) in [5.74, 6) is -0.202. The van der Waals surface area contributed by atoms with Gasteiger partial charge in [0.25, 0.3) is 10.0 Å². The molecule has 2 heterocycles. The van der Waals surface area contributed by atoms with Gasteiger partial charge in [-0.25, -0.2) is 12.8 Å². The van der Waals surface area contributed by atoms with Crippen LogP contribution in [0.25, 0.3) is 11.0 Å². The number of ether oxygens (including phenoxy) is 1. The molecule has 5 rings (SSSR count). The largest absolute Gasteiger partial charge is 0.489 e. The van der Waals surface area contributed by atoms with Crippen LogP contribution in [0.1, 0.15) is 24.0 Å². The standard InChI is InChI=1S/C29H30FN3O5S/c1-32(2)24-8-3-7-21(14-24)19-37-25-9-4-6-20(15-25)18-31-29(34)26-10-5-13-33(26)39(35,36)28-17-22-16-23(30)11-12-27(22)38-28/h3-4,6-9,11-12,14-17,26H,5,10,13,18-19H2,1-2H3,(H,31,34). The normalized spacial score (nSPS) is 15.9. The molecule has 8 nitrogen and oxygen atoms in total. The zero-order valence-corrected chi connectivity index (χ0v) is 22.6. The molecular formula is C29H30FN3O5S. The van der Waals surface area contributed by atoms with Crippen molar-refractivity contribution in [2.75, 3.05) is 25.5 Å². The topological polar surface area (TPSA) is 92.1 Å². The predicted octanol–water partition coefficient (Wildman–Crippen LogP) is 4.69. The molecule has 0 saturated carbocycles. The number of hydrogen-bond acceptors (Lipinski definition) is 6. The Morgan fingerprint density at radius 2 is 1.87 bits per heavy atom. The molecule has 1 N–H and O–H groups in total. The van der Waals surface area contributed by atoms with Gasteiger partial charge in [-0.1, -0.05) is 24.3 Å². The molecule has 0 spiro atoms. The minimum absolute atomic E-state index is 0.199. The number of furan rings is 1. The SMILES string of the molecule is CN(C)c1cccc(COc2cccc(CNC(=O)C3CCCN3S(=O)(=O)c3cc4cc(F)ccc4o3)c2)c1. The van der Waals surface area contributed by atoms with Crippen molar-refractivity contribution < 1.29 is 26.8 Å². The van der Waals surface area contributed by atoms with Crippen molar-refractivity contribution in [2.24, 2.45) is 0 Å². The third-order valence-electron chi connectivity index (χ3n) is 6.72.